The summed E-state index contributed by atoms with van der Waals surface area (Å²) in [5, 5.41) is 3.49. The Bertz CT molecular complexity index is 637. The number of ether oxygens (including phenoxy) is 2. The minimum atomic E-state index is 0.822. The molecular formula is C18H21NO2. The summed E-state index contributed by atoms with van der Waals surface area (Å²) in [4.78, 5) is 0. The van der Waals surface area contributed by atoms with Gasteiger partial charge < -0.3 is 14.8 Å². The molecule has 2 aromatic carbocycles. The van der Waals surface area contributed by atoms with Gasteiger partial charge in [0.15, 0.2) is 0 Å². The van der Waals surface area contributed by atoms with Gasteiger partial charge >= 0.3 is 0 Å². The Balaban J connectivity index is 1.58. The zero-order valence-electron chi connectivity index (χ0n) is 12.6. The molecule has 110 valence electrons. The monoisotopic (exact) mass is 283 g/mol. The Labute approximate surface area is 125 Å². The zero-order chi connectivity index (χ0) is 14.7. The normalized spacial score (nSPS) is 12.7. The fourth-order valence-corrected chi connectivity index (χ4v) is 2.70. The molecule has 0 saturated carbocycles. The van der Waals surface area contributed by atoms with Crippen LogP contribution in [0.5, 0.6) is 11.5 Å². The number of benzene rings is 2. The van der Waals surface area contributed by atoms with Crippen LogP contribution in [-0.4, -0.2) is 20.3 Å². The van der Waals surface area contributed by atoms with Gasteiger partial charge in [-0.3, -0.25) is 0 Å². The maximum absolute atomic E-state index is 5.54. The number of aryl methyl sites for hydroxylation is 1. The molecule has 0 aliphatic carbocycles. The molecule has 0 radical (unpaired) electrons. The van der Waals surface area contributed by atoms with E-state index >= 15 is 0 Å². The minimum Gasteiger partial charge on any atom is -0.497 e. The number of anilines is 1. The molecule has 0 saturated heterocycles. The van der Waals surface area contributed by atoms with Crippen molar-refractivity contribution < 1.29 is 9.47 Å². The van der Waals surface area contributed by atoms with Gasteiger partial charge in [-0.1, -0.05) is 12.1 Å². The third-order valence-electron chi connectivity index (χ3n) is 3.92. The third-order valence-corrected chi connectivity index (χ3v) is 3.92. The molecule has 1 N–H and O–H groups in total. The van der Waals surface area contributed by atoms with E-state index in [1.54, 1.807) is 7.11 Å². The SMILES string of the molecule is COc1ccc(NCCc2ccc3c(c2)CCO3)c(C)c1. The molecular weight excluding hydrogens is 262 g/mol. The van der Waals surface area contributed by atoms with Crippen LogP contribution in [-0.2, 0) is 12.8 Å². The molecule has 1 aliphatic heterocycles. The summed E-state index contributed by atoms with van der Waals surface area (Å²) in [6, 6.07) is 12.6. The van der Waals surface area contributed by atoms with Crippen molar-refractivity contribution in [3.8, 4) is 11.5 Å². The second-order valence-corrected chi connectivity index (χ2v) is 5.40. The van der Waals surface area contributed by atoms with Crippen LogP contribution in [0.2, 0.25) is 0 Å². The van der Waals surface area contributed by atoms with Crippen molar-refractivity contribution in [1.82, 2.24) is 0 Å². The first-order valence-electron chi connectivity index (χ1n) is 7.39. The summed E-state index contributed by atoms with van der Waals surface area (Å²) < 4.78 is 10.8. The lowest BCUT2D eigenvalue weighted by molar-refractivity contribution is 0.357. The van der Waals surface area contributed by atoms with Gasteiger partial charge in [-0.15, -0.1) is 0 Å². The predicted molar refractivity (Wildman–Crippen MR) is 85.6 cm³/mol. The van der Waals surface area contributed by atoms with Gasteiger partial charge in [-0.05, 0) is 54.3 Å². The quantitative estimate of drug-likeness (QED) is 0.909. The Kier molecular flexibility index (Phi) is 4.00. The molecule has 0 amide bonds. The fourth-order valence-electron chi connectivity index (χ4n) is 2.70. The summed E-state index contributed by atoms with van der Waals surface area (Å²) >= 11 is 0. The van der Waals surface area contributed by atoms with E-state index in [4.69, 9.17) is 9.47 Å². The minimum absolute atomic E-state index is 0.822. The summed E-state index contributed by atoms with van der Waals surface area (Å²) in [5.74, 6) is 1.95. The fraction of sp³-hybridized carbons (Fsp3) is 0.333. The number of nitrogens with one attached hydrogen (secondary N) is 1. The molecule has 0 aromatic heterocycles. The summed E-state index contributed by atoms with van der Waals surface area (Å²) in [7, 11) is 1.69. The van der Waals surface area contributed by atoms with Crippen LogP contribution < -0.4 is 14.8 Å². The molecule has 0 bridgehead atoms. The summed E-state index contributed by atoms with van der Waals surface area (Å²) in [6.45, 7) is 3.84. The van der Waals surface area contributed by atoms with E-state index in [1.165, 1.54) is 22.4 Å². The maximum atomic E-state index is 5.54. The van der Waals surface area contributed by atoms with Crippen LogP contribution in [0.15, 0.2) is 36.4 Å². The molecule has 3 heteroatoms. The third kappa shape index (κ3) is 3.13. The van der Waals surface area contributed by atoms with Crippen molar-refractivity contribution in [2.45, 2.75) is 19.8 Å². The van der Waals surface area contributed by atoms with E-state index < -0.39 is 0 Å². The van der Waals surface area contributed by atoms with Crippen LogP contribution in [0, 0.1) is 6.92 Å². The number of methoxy groups -OCH3 is 1. The van der Waals surface area contributed by atoms with Crippen molar-refractivity contribution in [2.75, 3.05) is 25.6 Å². The van der Waals surface area contributed by atoms with Crippen LogP contribution in [0.25, 0.3) is 0 Å². The lowest BCUT2D eigenvalue weighted by Gasteiger charge is -2.11. The molecule has 1 heterocycles. The number of rotatable bonds is 5. The average Bonchev–Trinajstić information content (AvgIpc) is 2.96. The van der Waals surface area contributed by atoms with Crippen molar-refractivity contribution >= 4 is 5.69 Å². The van der Waals surface area contributed by atoms with Crippen LogP contribution in [0.1, 0.15) is 16.7 Å². The van der Waals surface area contributed by atoms with Gasteiger partial charge in [0.1, 0.15) is 11.5 Å². The van der Waals surface area contributed by atoms with Gasteiger partial charge in [0, 0.05) is 18.7 Å². The highest BCUT2D eigenvalue weighted by Crippen LogP contribution is 2.26. The van der Waals surface area contributed by atoms with E-state index in [1.807, 2.05) is 6.07 Å². The zero-order valence-corrected chi connectivity index (χ0v) is 12.6. The second-order valence-electron chi connectivity index (χ2n) is 5.40. The summed E-state index contributed by atoms with van der Waals surface area (Å²) in [5.41, 5.74) is 5.07. The highest BCUT2D eigenvalue weighted by atomic mass is 16.5. The Morgan fingerprint density at radius 2 is 2.10 bits per heavy atom. The predicted octanol–water partition coefficient (Wildman–Crippen LogP) is 3.59. The van der Waals surface area contributed by atoms with Crippen molar-refractivity contribution in [1.29, 1.82) is 0 Å². The largest absolute Gasteiger partial charge is 0.497 e. The van der Waals surface area contributed by atoms with Gasteiger partial charge in [-0.25, -0.2) is 0 Å². The number of hydrogen-bond acceptors (Lipinski definition) is 3. The van der Waals surface area contributed by atoms with Gasteiger partial charge in [0.25, 0.3) is 0 Å². The van der Waals surface area contributed by atoms with Gasteiger partial charge in [0.05, 0.1) is 13.7 Å². The van der Waals surface area contributed by atoms with Crippen molar-refractivity contribution in [3.63, 3.8) is 0 Å². The Hall–Kier alpha value is -2.16. The molecule has 0 unspecified atom stereocenters. The molecule has 0 fully saturated rings. The van der Waals surface area contributed by atoms with E-state index in [2.05, 4.69) is 42.6 Å². The van der Waals surface area contributed by atoms with E-state index in [9.17, 15) is 0 Å². The molecule has 2 aromatic rings. The van der Waals surface area contributed by atoms with E-state index in [-0.39, 0.29) is 0 Å². The van der Waals surface area contributed by atoms with Gasteiger partial charge in [0.2, 0.25) is 0 Å². The van der Waals surface area contributed by atoms with Crippen LogP contribution in [0.4, 0.5) is 5.69 Å². The van der Waals surface area contributed by atoms with Gasteiger partial charge in [-0.2, -0.15) is 0 Å². The molecule has 3 nitrogen and oxygen atoms in total. The lowest BCUT2D eigenvalue weighted by Crippen LogP contribution is -2.06. The first kappa shape index (κ1) is 13.8. The first-order chi connectivity index (χ1) is 10.3. The molecule has 3 rings (SSSR count). The average molecular weight is 283 g/mol. The topological polar surface area (TPSA) is 30.5 Å². The lowest BCUT2D eigenvalue weighted by atomic mass is 10.1. The highest BCUT2D eigenvalue weighted by Gasteiger charge is 2.11. The Morgan fingerprint density at radius 3 is 2.90 bits per heavy atom. The first-order valence-corrected chi connectivity index (χ1v) is 7.39. The van der Waals surface area contributed by atoms with Crippen LogP contribution >= 0.6 is 0 Å². The van der Waals surface area contributed by atoms with E-state index in [0.717, 1.165) is 37.5 Å². The standard InChI is InChI=1S/C18H21NO2/c1-13-11-16(20-2)4-5-17(13)19-9-7-14-3-6-18-15(12-14)8-10-21-18/h3-6,11-12,19H,7-10H2,1-2H3. The Morgan fingerprint density at radius 1 is 1.19 bits per heavy atom. The molecule has 0 atom stereocenters. The molecule has 1 aliphatic rings. The van der Waals surface area contributed by atoms with Crippen molar-refractivity contribution in [2.24, 2.45) is 0 Å². The number of hydrogen-bond donors (Lipinski definition) is 1. The smallest absolute Gasteiger partial charge is 0.122 e. The van der Waals surface area contributed by atoms with Crippen LogP contribution in [0.3, 0.4) is 0 Å². The van der Waals surface area contributed by atoms with Crippen molar-refractivity contribution in [3.05, 3.63) is 53.1 Å². The maximum Gasteiger partial charge on any atom is 0.122 e. The van der Waals surface area contributed by atoms with E-state index in [0.29, 0.717) is 0 Å². The number of fused-ring (bicyclic) bond motifs is 1. The molecule has 0 spiro atoms. The molecule has 21 heavy (non-hydrogen) atoms. The highest BCUT2D eigenvalue weighted by molar-refractivity contribution is 5.53. The summed E-state index contributed by atoms with van der Waals surface area (Å²) in [6.07, 6.45) is 2.05. The second kappa shape index (κ2) is 6.08.